The highest BCUT2D eigenvalue weighted by Crippen LogP contribution is 2.33. The molecule has 2 aromatic heterocycles. The molecule has 1 N–H and O–H groups in total. The quantitative estimate of drug-likeness (QED) is 0.674. The lowest BCUT2D eigenvalue weighted by molar-refractivity contribution is 0.0616. The minimum Gasteiger partial charge on any atom is -0.336 e. The summed E-state index contributed by atoms with van der Waals surface area (Å²) in [4.78, 5) is 38.5. The van der Waals surface area contributed by atoms with Crippen LogP contribution in [-0.2, 0) is 19.4 Å². The second kappa shape index (κ2) is 8.12. The molecule has 0 spiro atoms. The van der Waals surface area contributed by atoms with Crippen LogP contribution in [0.3, 0.4) is 0 Å². The number of thiophene rings is 1. The Kier molecular flexibility index (Phi) is 5.31. The molecule has 3 heterocycles. The maximum Gasteiger partial charge on any atom is 0.259 e. The van der Waals surface area contributed by atoms with Crippen molar-refractivity contribution in [1.82, 2.24) is 19.8 Å². The summed E-state index contributed by atoms with van der Waals surface area (Å²) in [6.07, 6.45) is 4.23. The van der Waals surface area contributed by atoms with Gasteiger partial charge >= 0.3 is 0 Å². The van der Waals surface area contributed by atoms with Crippen molar-refractivity contribution in [1.29, 1.82) is 0 Å². The molecule has 6 nitrogen and oxygen atoms in total. The number of nitrogens with zero attached hydrogens (tertiary/aromatic N) is 3. The summed E-state index contributed by atoms with van der Waals surface area (Å²) in [7, 11) is 0. The van der Waals surface area contributed by atoms with Crippen LogP contribution < -0.4 is 5.56 Å². The van der Waals surface area contributed by atoms with Crippen LogP contribution in [0, 0.1) is 11.6 Å². The Bertz CT molecular complexity index is 1190. The highest BCUT2D eigenvalue weighted by molar-refractivity contribution is 7.18. The highest BCUT2D eigenvalue weighted by atomic mass is 32.1. The van der Waals surface area contributed by atoms with Crippen LogP contribution >= 0.6 is 11.3 Å². The van der Waals surface area contributed by atoms with Gasteiger partial charge in [-0.2, -0.15) is 0 Å². The summed E-state index contributed by atoms with van der Waals surface area (Å²) >= 11 is 1.62. The number of hydrogen-bond acceptors (Lipinski definition) is 5. The number of aromatic amines is 1. The van der Waals surface area contributed by atoms with Gasteiger partial charge < -0.3 is 9.88 Å². The molecule has 0 atom stereocenters. The Hall–Kier alpha value is -2.65. The van der Waals surface area contributed by atoms with E-state index in [1.54, 1.807) is 11.3 Å². The monoisotopic (exact) mass is 444 g/mol. The molecule has 162 valence electrons. The Labute approximate surface area is 181 Å². The number of amides is 1. The normalized spacial score (nSPS) is 17.2. The van der Waals surface area contributed by atoms with E-state index in [1.807, 2.05) is 0 Å². The van der Waals surface area contributed by atoms with Crippen molar-refractivity contribution in [2.45, 2.75) is 32.2 Å². The molecule has 1 amide bonds. The van der Waals surface area contributed by atoms with Crippen LogP contribution in [0.15, 0.2) is 23.0 Å². The van der Waals surface area contributed by atoms with Gasteiger partial charge in [0, 0.05) is 31.1 Å². The maximum atomic E-state index is 13.9. The second-order valence-electron chi connectivity index (χ2n) is 8.07. The van der Waals surface area contributed by atoms with Gasteiger partial charge in [0.05, 0.1) is 11.9 Å². The molecule has 0 bridgehead atoms. The molecule has 31 heavy (non-hydrogen) atoms. The predicted molar refractivity (Wildman–Crippen MR) is 114 cm³/mol. The average molecular weight is 445 g/mol. The number of H-pyrrole nitrogens is 1. The minimum absolute atomic E-state index is 0.0803. The third-order valence-electron chi connectivity index (χ3n) is 6.08. The van der Waals surface area contributed by atoms with Crippen LogP contribution in [0.4, 0.5) is 8.78 Å². The number of carbonyl (C=O) groups is 1. The molecule has 0 radical (unpaired) electrons. The number of aromatic nitrogens is 2. The predicted octanol–water partition coefficient (Wildman–Crippen LogP) is 3.10. The zero-order valence-electron chi connectivity index (χ0n) is 16.9. The number of benzene rings is 1. The Balaban J connectivity index is 1.28. The van der Waals surface area contributed by atoms with Crippen LogP contribution in [0.2, 0.25) is 0 Å². The summed E-state index contributed by atoms with van der Waals surface area (Å²) in [5.41, 5.74) is 0.580. The molecule has 1 aromatic carbocycles. The van der Waals surface area contributed by atoms with Gasteiger partial charge in [0.1, 0.15) is 27.9 Å². The third-order valence-corrected chi connectivity index (χ3v) is 7.27. The van der Waals surface area contributed by atoms with Crippen molar-refractivity contribution in [3.05, 3.63) is 62.0 Å². The summed E-state index contributed by atoms with van der Waals surface area (Å²) in [5, 5.41) is 0.741. The van der Waals surface area contributed by atoms with Crippen molar-refractivity contribution >= 4 is 27.5 Å². The summed E-state index contributed by atoms with van der Waals surface area (Å²) in [6, 6.07) is 3.42. The summed E-state index contributed by atoms with van der Waals surface area (Å²) in [6.45, 7) is 2.23. The number of hydrogen-bond donors (Lipinski definition) is 1. The molecule has 1 aliphatic carbocycles. The van der Waals surface area contributed by atoms with Gasteiger partial charge in [-0.15, -0.1) is 11.3 Å². The van der Waals surface area contributed by atoms with Gasteiger partial charge in [-0.1, -0.05) is 6.07 Å². The largest absolute Gasteiger partial charge is 0.336 e. The topological polar surface area (TPSA) is 69.3 Å². The SMILES string of the molecule is O=C(c1c(F)cccc1F)N1CCN(Cc2nc3sc4c(c3c(=O)[nH]2)CCCC4)CC1. The van der Waals surface area contributed by atoms with Gasteiger partial charge in [0.15, 0.2) is 0 Å². The van der Waals surface area contributed by atoms with E-state index in [1.165, 1.54) is 21.4 Å². The first-order chi connectivity index (χ1) is 15.0. The van der Waals surface area contributed by atoms with E-state index < -0.39 is 23.1 Å². The number of aryl methyl sites for hydroxylation is 2. The lowest BCUT2D eigenvalue weighted by atomic mass is 9.97. The van der Waals surface area contributed by atoms with E-state index in [-0.39, 0.29) is 5.56 Å². The molecule has 5 rings (SSSR count). The molecule has 1 fully saturated rings. The number of rotatable bonds is 3. The van der Waals surface area contributed by atoms with E-state index in [9.17, 15) is 18.4 Å². The van der Waals surface area contributed by atoms with Crippen molar-refractivity contribution in [3.63, 3.8) is 0 Å². The fourth-order valence-corrected chi connectivity index (χ4v) is 5.75. The van der Waals surface area contributed by atoms with Crippen molar-refractivity contribution in [2.75, 3.05) is 26.2 Å². The Morgan fingerprint density at radius 2 is 1.81 bits per heavy atom. The summed E-state index contributed by atoms with van der Waals surface area (Å²) in [5.74, 6) is -1.72. The van der Waals surface area contributed by atoms with E-state index in [0.29, 0.717) is 38.5 Å². The van der Waals surface area contributed by atoms with Crippen LogP contribution in [-0.4, -0.2) is 51.9 Å². The Morgan fingerprint density at radius 1 is 1.10 bits per heavy atom. The molecular weight excluding hydrogens is 422 g/mol. The first-order valence-electron chi connectivity index (χ1n) is 10.5. The molecule has 3 aromatic rings. The van der Waals surface area contributed by atoms with E-state index >= 15 is 0 Å². The number of halogens is 2. The van der Waals surface area contributed by atoms with Gasteiger partial charge in [0.25, 0.3) is 11.5 Å². The van der Waals surface area contributed by atoms with Gasteiger partial charge in [0.2, 0.25) is 0 Å². The van der Waals surface area contributed by atoms with E-state index in [0.717, 1.165) is 48.0 Å². The van der Waals surface area contributed by atoms with Gasteiger partial charge in [-0.05, 0) is 43.4 Å². The third kappa shape index (κ3) is 3.76. The zero-order valence-corrected chi connectivity index (χ0v) is 17.7. The smallest absolute Gasteiger partial charge is 0.259 e. The fourth-order valence-electron chi connectivity index (χ4n) is 4.46. The molecule has 2 aliphatic rings. The lowest BCUT2D eigenvalue weighted by Gasteiger charge is -2.34. The zero-order chi connectivity index (χ0) is 21.5. The minimum atomic E-state index is -0.846. The van der Waals surface area contributed by atoms with Crippen LogP contribution in [0.1, 0.15) is 39.5 Å². The van der Waals surface area contributed by atoms with Crippen molar-refractivity contribution in [3.8, 4) is 0 Å². The second-order valence-corrected chi connectivity index (χ2v) is 9.15. The van der Waals surface area contributed by atoms with E-state index in [2.05, 4.69) is 9.88 Å². The maximum absolute atomic E-state index is 13.9. The van der Waals surface area contributed by atoms with Gasteiger partial charge in [-0.25, -0.2) is 13.8 Å². The Morgan fingerprint density at radius 3 is 2.55 bits per heavy atom. The van der Waals surface area contributed by atoms with Crippen molar-refractivity contribution < 1.29 is 13.6 Å². The van der Waals surface area contributed by atoms with Crippen LogP contribution in [0.25, 0.3) is 10.2 Å². The molecule has 1 saturated heterocycles. The average Bonchev–Trinajstić information content (AvgIpc) is 3.13. The number of piperazine rings is 1. The summed E-state index contributed by atoms with van der Waals surface area (Å²) < 4.78 is 27.9. The number of nitrogens with one attached hydrogen (secondary N) is 1. The number of carbonyl (C=O) groups excluding carboxylic acids is 1. The van der Waals surface area contributed by atoms with Crippen LogP contribution in [0.5, 0.6) is 0 Å². The highest BCUT2D eigenvalue weighted by Gasteiger charge is 2.27. The molecule has 0 unspecified atom stereocenters. The molecule has 1 aliphatic heterocycles. The molecular formula is C22H22F2N4O2S. The standard InChI is InChI=1S/C22H22F2N4O2S/c23-14-5-3-6-15(24)19(14)22(30)28-10-8-27(9-11-28)12-17-25-20(29)18-13-4-1-2-7-16(13)31-21(18)26-17/h3,5-6H,1-2,4,7-12H2,(H,25,26,29). The molecule has 9 heteroatoms. The fraction of sp³-hybridized carbons (Fsp3) is 0.409. The van der Waals surface area contributed by atoms with E-state index in [4.69, 9.17) is 4.98 Å². The molecule has 0 saturated carbocycles. The first kappa shape index (κ1) is 20.3. The first-order valence-corrected chi connectivity index (χ1v) is 11.3. The lowest BCUT2D eigenvalue weighted by Crippen LogP contribution is -2.48. The van der Waals surface area contributed by atoms with Gasteiger partial charge in [-0.3, -0.25) is 14.5 Å². The van der Waals surface area contributed by atoms with Crippen molar-refractivity contribution in [2.24, 2.45) is 0 Å². The number of fused-ring (bicyclic) bond motifs is 3.